The van der Waals surface area contributed by atoms with Crippen LogP contribution in [-0.4, -0.2) is 34.5 Å². The highest BCUT2D eigenvalue weighted by atomic mass is 35.5. The Bertz CT molecular complexity index is 1450. The maximum absolute atomic E-state index is 14.8. The van der Waals surface area contributed by atoms with Gasteiger partial charge in [-0.05, 0) is 35.7 Å². The number of hydrogen-bond donors (Lipinski definition) is 2. The second-order valence-electron chi connectivity index (χ2n) is 6.77. The molecule has 4 rings (SSSR count). The number of halogens is 3. The number of imide groups is 1. The number of nitrogens with zero attached hydrogens (tertiary/aromatic N) is 1. The fourth-order valence-electron chi connectivity index (χ4n) is 3.12. The molecule has 166 valence electrons. The minimum absolute atomic E-state index is 0.0609. The summed E-state index contributed by atoms with van der Waals surface area (Å²) in [6.07, 6.45) is -7.15. The standard InChI is InChI=1S/C22H18ClF2N3O4/c23-15-4-2-14(3-5-15)22(24,25)21(32)26-10-12-1-6-16-13(9-12)11-28(20(16)31)17-7-8-18(29)27-19(17)30/h1-6,9,17H,7-8,10-11H2,(H,26,32)(H,27,29,30)/i7D2,8D2,10D,17D/hD2. The summed E-state index contributed by atoms with van der Waals surface area (Å²) in [5.41, 5.74) is -1.28. The quantitative estimate of drug-likeness (QED) is 0.658. The minimum atomic E-state index is -4.20. The minimum Gasteiger partial charge on any atom is -0.346 e. The number of fused-ring (bicyclic) bond motifs is 1. The Morgan fingerprint density at radius 1 is 1.34 bits per heavy atom. The van der Waals surface area contributed by atoms with Gasteiger partial charge in [0.05, 0.1) is 2.74 Å². The summed E-state index contributed by atoms with van der Waals surface area (Å²) in [7, 11) is 0. The molecule has 2 unspecified atom stereocenters. The van der Waals surface area contributed by atoms with Gasteiger partial charge >= 0.3 is 5.92 Å². The van der Waals surface area contributed by atoms with E-state index in [1.54, 1.807) is 0 Å². The maximum Gasteiger partial charge on any atom is 0.349 e. The lowest BCUT2D eigenvalue weighted by Gasteiger charge is -2.29. The van der Waals surface area contributed by atoms with Gasteiger partial charge in [-0.1, -0.05) is 35.9 Å². The van der Waals surface area contributed by atoms with E-state index in [0.29, 0.717) is 4.90 Å². The van der Waals surface area contributed by atoms with E-state index in [1.165, 1.54) is 0 Å². The second-order valence-corrected chi connectivity index (χ2v) is 7.21. The molecule has 1 saturated heterocycles. The second kappa shape index (κ2) is 8.31. The number of carbonyl (C=O) groups excluding carboxylic acids is 4. The van der Waals surface area contributed by atoms with Crippen molar-refractivity contribution < 1.29 is 39.0 Å². The molecule has 7 nitrogen and oxygen atoms in total. The highest BCUT2D eigenvalue weighted by Gasteiger charge is 2.41. The van der Waals surface area contributed by atoms with Crippen LogP contribution in [0.15, 0.2) is 42.5 Å². The molecule has 2 atom stereocenters. The summed E-state index contributed by atoms with van der Waals surface area (Å²) >= 11 is 5.68. The van der Waals surface area contributed by atoms with Crippen LogP contribution in [0.4, 0.5) is 8.78 Å². The molecule has 10 heteroatoms. The monoisotopic (exact) mass is 469 g/mol. The zero-order chi connectivity index (χ0) is 30.2. The topological polar surface area (TPSA) is 95.6 Å². The van der Waals surface area contributed by atoms with Gasteiger partial charge in [0.2, 0.25) is 11.8 Å². The van der Waals surface area contributed by atoms with Crippen molar-refractivity contribution in [3.63, 3.8) is 0 Å². The van der Waals surface area contributed by atoms with Crippen molar-refractivity contribution in [2.45, 2.75) is 37.8 Å². The molecule has 32 heavy (non-hydrogen) atoms. The average molecular weight is 470 g/mol. The van der Waals surface area contributed by atoms with E-state index in [0.717, 1.165) is 42.5 Å². The molecular weight excluding hydrogens is 444 g/mol. The third kappa shape index (κ3) is 4.08. The summed E-state index contributed by atoms with van der Waals surface area (Å²) in [4.78, 5) is 50.7. The summed E-state index contributed by atoms with van der Waals surface area (Å²) in [5, 5.41) is -0.663. The Labute approximate surface area is 198 Å². The zero-order valence-electron chi connectivity index (χ0n) is 23.9. The molecule has 0 radical (unpaired) electrons. The Kier molecular flexibility index (Phi) is 3.62. The number of nitrogens with one attached hydrogen (secondary N) is 2. The number of carbonyl (C=O) groups is 4. The molecule has 0 spiro atoms. The van der Waals surface area contributed by atoms with Crippen LogP contribution in [0.5, 0.6) is 0 Å². The van der Waals surface area contributed by atoms with Gasteiger partial charge in [0.1, 0.15) is 6.02 Å². The lowest BCUT2D eigenvalue weighted by Crippen LogP contribution is -2.52. The van der Waals surface area contributed by atoms with Gasteiger partial charge in [0, 0.05) is 41.1 Å². The molecule has 2 aliphatic heterocycles. The van der Waals surface area contributed by atoms with Crippen molar-refractivity contribution in [3.05, 3.63) is 69.7 Å². The fourth-order valence-corrected chi connectivity index (χ4v) is 3.25. The number of alkyl halides is 2. The number of benzene rings is 2. The van der Waals surface area contributed by atoms with E-state index >= 15 is 0 Å². The van der Waals surface area contributed by atoms with E-state index in [9.17, 15) is 28.0 Å². The first-order valence-corrected chi connectivity index (χ1v) is 9.41. The van der Waals surface area contributed by atoms with Gasteiger partial charge in [0.15, 0.2) is 2.82 Å². The van der Waals surface area contributed by atoms with Gasteiger partial charge in [0.25, 0.3) is 11.8 Å². The largest absolute Gasteiger partial charge is 0.349 e. The van der Waals surface area contributed by atoms with E-state index < -0.39 is 72.3 Å². The Morgan fingerprint density at radius 3 is 2.78 bits per heavy atom. The third-order valence-corrected chi connectivity index (χ3v) is 4.95. The maximum atomic E-state index is 14.8. The molecule has 2 aliphatic rings. The van der Waals surface area contributed by atoms with Crippen LogP contribution in [-0.2, 0) is 33.4 Å². The van der Waals surface area contributed by atoms with Crippen LogP contribution < -0.4 is 10.6 Å². The molecule has 2 N–H and O–H groups in total. The lowest BCUT2D eigenvalue weighted by molar-refractivity contribution is -0.147. The molecule has 1 fully saturated rings. The van der Waals surface area contributed by atoms with E-state index in [2.05, 4.69) is 0 Å². The van der Waals surface area contributed by atoms with Gasteiger partial charge in [-0.15, -0.1) is 0 Å². The van der Waals surface area contributed by atoms with Crippen molar-refractivity contribution in [1.29, 1.82) is 0 Å². The van der Waals surface area contributed by atoms with Crippen LogP contribution in [0.2, 0.25) is 7.85 Å². The predicted octanol–water partition coefficient (Wildman–Crippen LogP) is 2.51. The Hall–Kier alpha value is -3.33. The first kappa shape index (κ1) is 13.9. The summed E-state index contributed by atoms with van der Waals surface area (Å²) in [6, 6.07) is 3.78. The van der Waals surface area contributed by atoms with Crippen LogP contribution in [0.1, 0.15) is 48.0 Å². The van der Waals surface area contributed by atoms with Gasteiger partial charge in [-0.25, -0.2) is 0 Å². The summed E-state index contributed by atoms with van der Waals surface area (Å²) in [5.74, 6) is -11.0. The predicted molar refractivity (Wildman–Crippen MR) is 110 cm³/mol. The van der Waals surface area contributed by atoms with Crippen LogP contribution >= 0.6 is 11.6 Å². The number of amides is 4. The van der Waals surface area contributed by atoms with Crippen LogP contribution in [0.3, 0.4) is 0 Å². The first-order valence-electron chi connectivity index (χ1n) is 13.0. The van der Waals surface area contributed by atoms with Crippen LogP contribution in [0.25, 0.3) is 0 Å². The molecule has 0 aromatic heterocycles. The molecule has 4 amide bonds. The highest BCUT2D eigenvalue weighted by molar-refractivity contribution is 6.30. The summed E-state index contributed by atoms with van der Waals surface area (Å²) in [6.45, 7) is -2.77. The SMILES string of the molecule is [2H]C(c1ccc2c(c1)CN(C1([2H])C(=O)N([2H])C(=O)C([2H])([2H])C1([2H])[2H])C2=O)N([2H])C(=O)C(F)(F)c1ccc(Cl)cc1. The van der Waals surface area contributed by atoms with Crippen molar-refractivity contribution >= 4 is 35.2 Å². The van der Waals surface area contributed by atoms with Gasteiger partial charge < -0.3 is 10.2 Å². The number of hydrogen-bond acceptors (Lipinski definition) is 4. The molecule has 0 aliphatic carbocycles. The van der Waals surface area contributed by atoms with E-state index in [4.69, 9.17) is 22.6 Å². The first-order chi connectivity index (χ1) is 18.3. The average Bonchev–Trinajstić information content (AvgIpc) is 3.25. The fraction of sp³-hybridized carbons (Fsp3) is 0.273. The van der Waals surface area contributed by atoms with Crippen LogP contribution in [0, 0.1) is 0 Å². The number of rotatable bonds is 5. The van der Waals surface area contributed by atoms with Crippen molar-refractivity contribution in [2.24, 2.45) is 0 Å². The van der Waals surface area contributed by atoms with Gasteiger partial charge in [-0.2, -0.15) is 8.78 Å². The Morgan fingerprint density at radius 2 is 2.06 bits per heavy atom. The smallest absolute Gasteiger partial charge is 0.346 e. The molecule has 2 aromatic rings. The Balaban J connectivity index is 1.64. The molecular formula is C22H18ClF2N3O4. The van der Waals surface area contributed by atoms with Crippen molar-refractivity contribution in [3.8, 4) is 0 Å². The third-order valence-electron chi connectivity index (χ3n) is 4.70. The van der Waals surface area contributed by atoms with Crippen molar-refractivity contribution in [1.82, 2.24) is 15.5 Å². The highest BCUT2D eigenvalue weighted by Crippen LogP contribution is 2.30. The molecule has 2 heterocycles. The molecule has 0 bridgehead atoms. The molecule has 0 saturated carbocycles. The number of piperidine rings is 1. The van der Waals surface area contributed by atoms with E-state index in [-0.39, 0.29) is 27.0 Å². The lowest BCUT2D eigenvalue weighted by atomic mass is 10.0. The normalized spacial score (nSPS) is 28.8. The van der Waals surface area contributed by atoms with Gasteiger partial charge in [-0.3, -0.25) is 24.5 Å². The van der Waals surface area contributed by atoms with E-state index in [1.807, 2.05) is 0 Å². The zero-order valence-corrected chi connectivity index (χ0v) is 16.7. The molecule has 2 aromatic carbocycles. The summed E-state index contributed by atoms with van der Waals surface area (Å²) < 4.78 is 93.7. The van der Waals surface area contributed by atoms with Crippen molar-refractivity contribution in [2.75, 3.05) is 0 Å².